The Kier molecular flexibility index (Phi) is 8.34. The Morgan fingerprint density at radius 2 is 1.63 bits per heavy atom. The zero-order chi connectivity index (χ0) is 30.7. The monoisotopic (exact) mass is 548 g/mol. The van der Waals surface area contributed by atoms with Gasteiger partial charge in [-0.2, -0.15) is 0 Å². The van der Waals surface area contributed by atoms with Crippen LogP contribution in [0.15, 0.2) is 95.7 Å². The lowest BCUT2D eigenvalue weighted by molar-refractivity contribution is -0.0407. The summed E-state index contributed by atoms with van der Waals surface area (Å²) in [5.41, 5.74) is 15.7. The first-order chi connectivity index (χ1) is 19.1. The van der Waals surface area contributed by atoms with Gasteiger partial charge in [0.2, 0.25) is 0 Å². The average molecular weight is 549 g/mol. The third-order valence-electron chi connectivity index (χ3n) is 11.8. The molecule has 3 aliphatic carbocycles. The molecule has 0 saturated carbocycles. The van der Waals surface area contributed by atoms with Crippen LogP contribution in [0.5, 0.6) is 0 Å². The van der Waals surface area contributed by atoms with Crippen LogP contribution in [-0.4, -0.2) is 0 Å². The molecule has 0 heteroatoms. The normalized spacial score (nSPS) is 31.0. The van der Waals surface area contributed by atoms with Gasteiger partial charge in [0.25, 0.3) is 0 Å². The number of fused-ring (bicyclic) bond motifs is 3. The molecule has 0 spiro atoms. The molecule has 1 aromatic carbocycles. The molecule has 0 aliphatic heterocycles. The summed E-state index contributed by atoms with van der Waals surface area (Å²) >= 11 is 0. The van der Waals surface area contributed by atoms with E-state index in [1.807, 2.05) is 0 Å². The van der Waals surface area contributed by atoms with E-state index in [0.29, 0.717) is 11.8 Å². The van der Waals surface area contributed by atoms with Crippen molar-refractivity contribution in [2.24, 2.45) is 22.2 Å². The van der Waals surface area contributed by atoms with E-state index in [2.05, 4.69) is 100 Å². The maximum atomic E-state index is 4.92. The topological polar surface area (TPSA) is 0 Å². The van der Waals surface area contributed by atoms with Crippen LogP contribution in [0.1, 0.15) is 123 Å². The van der Waals surface area contributed by atoms with Gasteiger partial charge in [0.05, 0.1) is 0 Å². The van der Waals surface area contributed by atoms with Crippen LogP contribution in [0, 0.1) is 29.1 Å². The zero-order valence-electron chi connectivity index (χ0n) is 27.9. The molecule has 0 heterocycles. The molecule has 5 atom stereocenters. The Bertz CT molecular complexity index is 1400. The smallest absolute Gasteiger partial charge is 0.0197 e. The van der Waals surface area contributed by atoms with Crippen molar-refractivity contribution in [2.45, 2.75) is 113 Å². The first-order valence-electron chi connectivity index (χ1n) is 16.0. The molecule has 41 heavy (non-hydrogen) atoms. The maximum Gasteiger partial charge on any atom is 0.0197 e. The molecule has 0 nitrogen and oxygen atoms in total. The molecule has 0 unspecified atom stereocenters. The zero-order valence-corrected chi connectivity index (χ0v) is 27.9. The highest BCUT2D eigenvalue weighted by Crippen LogP contribution is 2.76. The summed E-state index contributed by atoms with van der Waals surface area (Å²) in [5, 5.41) is 0. The lowest BCUT2D eigenvalue weighted by Crippen LogP contribution is -2.59. The predicted octanol–water partition coefficient (Wildman–Crippen LogP) is 12.4. The Morgan fingerprint density at radius 3 is 2.22 bits per heavy atom. The van der Waals surface area contributed by atoms with Gasteiger partial charge in [-0.1, -0.05) is 126 Å². The Balaban J connectivity index is 2.12. The number of hydrogen-bond donors (Lipinski definition) is 0. The van der Waals surface area contributed by atoms with E-state index >= 15 is 0 Å². The van der Waals surface area contributed by atoms with Gasteiger partial charge in [-0.15, -0.1) is 0 Å². The van der Waals surface area contributed by atoms with Crippen LogP contribution < -0.4 is 0 Å². The van der Waals surface area contributed by atoms with Gasteiger partial charge < -0.3 is 0 Å². The highest BCUT2D eigenvalue weighted by atomic mass is 14.7. The summed E-state index contributed by atoms with van der Waals surface area (Å²) < 4.78 is 0. The van der Waals surface area contributed by atoms with Crippen molar-refractivity contribution in [1.82, 2.24) is 0 Å². The summed E-state index contributed by atoms with van der Waals surface area (Å²) in [6.07, 6.45) is 7.89. The maximum absolute atomic E-state index is 4.92. The van der Waals surface area contributed by atoms with Gasteiger partial charge in [-0.3, -0.25) is 0 Å². The van der Waals surface area contributed by atoms with E-state index in [1.165, 1.54) is 87.0 Å². The third-order valence-corrected chi connectivity index (χ3v) is 11.8. The standard InChI is InChI=1S/C41H56/c1-15-16-17-21-34-33-20-18-19-28(7)37(33)30(9)38-32(11)41(14)31(10)36(26(4)5)29(8)24-39(41,12)35(40(34,38)13)23-27(6)22-25(2)3/h18-20,34-35H,2,4,6,9-10,15-17,21-24H2,1,3,5,7-8,11-14H3/t34-,35+,39+,40-,41-/m1/s1. The largest absolute Gasteiger partial charge is 0.0998 e. The number of allylic oxidation sites excluding steroid dienone is 9. The van der Waals surface area contributed by atoms with Crippen molar-refractivity contribution in [3.63, 3.8) is 0 Å². The third kappa shape index (κ3) is 4.47. The molecule has 0 saturated heterocycles. The van der Waals surface area contributed by atoms with Gasteiger partial charge in [0, 0.05) is 10.8 Å². The molecule has 0 radical (unpaired) electrons. The van der Waals surface area contributed by atoms with Crippen LogP contribution >= 0.6 is 0 Å². The molecule has 220 valence electrons. The molecule has 0 N–H and O–H groups in total. The Morgan fingerprint density at radius 1 is 0.976 bits per heavy atom. The second-order valence-corrected chi connectivity index (χ2v) is 14.6. The highest BCUT2D eigenvalue weighted by molar-refractivity contribution is 5.87. The second-order valence-electron chi connectivity index (χ2n) is 14.6. The van der Waals surface area contributed by atoms with Crippen molar-refractivity contribution in [1.29, 1.82) is 0 Å². The lowest BCUT2D eigenvalue weighted by Gasteiger charge is -2.68. The fraction of sp³-hybridized carbons (Fsp3) is 0.512. The summed E-state index contributed by atoms with van der Waals surface area (Å²) in [5.74, 6) is 0.810. The molecular formula is C41H56. The molecule has 1 aromatic rings. The quantitative estimate of drug-likeness (QED) is 0.213. The first kappa shape index (κ1) is 31.3. The number of aryl methyl sites for hydroxylation is 1. The van der Waals surface area contributed by atoms with Gasteiger partial charge in [0.15, 0.2) is 0 Å². The Labute approximate surface area is 252 Å². The molecule has 0 aromatic heterocycles. The van der Waals surface area contributed by atoms with Gasteiger partial charge >= 0.3 is 0 Å². The minimum Gasteiger partial charge on any atom is -0.0998 e. The second kappa shape index (κ2) is 10.9. The molecule has 4 rings (SSSR count). The van der Waals surface area contributed by atoms with Gasteiger partial charge in [-0.25, -0.2) is 0 Å². The predicted molar refractivity (Wildman–Crippen MR) is 182 cm³/mol. The Hall–Kier alpha value is -2.60. The highest BCUT2D eigenvalue weighted by Gasteiger charge is 2.66. The van der Waals surface area contributed by atoms with E-state index in [4.69, 9.17) is 13.2 Å². The van der Waals surface area contributed by atoms with Gasteiger partial charge in [0.1, 0.15) is 0 Å². The molecular weight excluding hydrogens is 492 g/mol. The van der Waals surface area contributed by atoms with Crippen molar-refractivity contribution >= 4 is 5.57 Å². The molecule has 3 aliphatic rings. The van der Waals surface area contributed by atoms with Crippen molar-refractivity contribution < 1.29 is 0 Å². The summed E-state index contributed by atoms with van der Waals surface area (Å²) in [6, 6.07) is 6.97. The van der Waals surface area contributed by atoms with Crippen LogP contribution in [-0.2, 0) is 0 Å². The number of rotatable bonds is 9. The van der Waals surface area contributed by atoms with Crippen LogP contribution in [0.3, 0.4) is 0 Å². The van der Waals surface area contributed by atoms with E-state index in [-0.39, 0.29) is 16.2 Å². The lowest BCUT2D eigenvalue weighted by atomic mass is 9.35. The van der Waals surface area contributed by atoms with Crippen LogP contribution in [0.25, 0.3) is 5.57 Å². The minimum atomic E-state index is -0.207. The van der Waals surface area contributed by atoms with Crippen molar-refractivity contribution in [3.8, 4) is 0 Å². The molecule has 0 fully saturated rings. The number of hydrogen-bond acceptors (Lipinski definition) is 0. The average Bonchev–Trinajstić information content (AvgIpc) is 2.86. The van der Waals surface area contributed by atoms with Crippen molar-refractivity contribution in [3.05, 3.63) is 112 Å². The van der Waals surface area contributed by atoms with E-state index in [9.17, 15) is 0 Å². The van der Waals surface area contributed by atoms with E-state index < -0.39 is 0 Å². The first-order valence-corrected chi connectivity index (χ1v) is 16.0. The summed E-state index contributed by atoms with van der Waals surface area (Å²) in [6.45, 7) is 44.5. The van der Waals surface area contributed by atoms with Gasteiger partial charge in [-0.05, 0) is 117 Å². The number of unbranched alkanes of at least 4 members (excludes halogenated alkanes) is 2. The SMILES string of the molecule is C=C(C)CC(=C)C[C@@H]1[C@]2(C)C(=C(C)[C@@]3(C)C(=C)C(C(=C)C)=C(C)C[C@@]13C)C(=C)c1c(C)cccc1[C@H]2CCCCC. The summed E-state index contributed by atoms with van der Waals surface area (Å²) in [4.78, 5) is 0. The van der Waals surface area contributed by atoms with Crippen LogP contribution in [0.2, 0.25) is 0 Å². The van der Waals surface area contributed by atoms with Crippen LogP contribution in [0.4, 0.5) is 0 Å². The fourth-order valence-corrected chi connectivity index (χ4v) is 9.99. The van der Waals surface area contributed by atoms with Crippen molar-refractivity contribution in [2.75, 3.05) is 0 Å². The summed E-state index contributed by atoms with van der Waals surface area (Å²) in [7, 11) is 0. The van der Waals surface area contributed by atoms with E-state index in [0.717, 1.165) is 24.8 Å². The molecule has 0 amide bonds. The van der Waals surface area contributed by atoms with E-state index in [1.54, 1.807) is 0 Å². The fourth-order valence-electron chi connectivity index (χ4n) is 9.99. The molecule has 0 bridgehead atoms. The number of benzene rings is 1. The minimum absolute atomic E-state index is 0.0297.